The lowest BCUT2D eigenvalue weighted by atomic mass is 9.87. The van der Waals surface area contributed by atoms with E-state index in [-0.39, 0.29) is 0 Å². The zero-order valence-electron chi connectivity index (χ0n) is 32.5. The van der Waals surface area contributed by atoms with E-state index in [0.717, 1.165) is 66.1 Å². The zero-order valence-corrected chi connectivity index (χ0v) is 32.5. The second kappa shape index (κ2) is 13.8. The monoisotopic (exact) mass is 771 g/mol. The van der Waals surface area contributed by atoms with E-state index in [1.807, 2.05) is 66.9 Å². The molecule has 10 aromatic carbocycles. The summed E-state index contributed by atoms with van der Waals surface area (Å²) in [5.74, 6) is 0. The lowest BCUT2D eigenvalue weighted by molar-refractivity contribution is 0.471. The van der Waals surface area contributed by atoms with Gasteiger partial charge in [-0.2, -0.15) is 0 Å². The summed E-state index contributed by atoms with van der Waals surface area (Å²) in [5.41, 5.74) is 15.7. The topological polar surface area (TPSA) is 76.7 Å². The number of hydrogen-bond acceptors (Lipinski definition) is 5. The molecule has 2 heterocycles. The van der Waals surface area contributed by atoms with Crippen LogP contribution in [-0.2, 0) is 0 Å². The van der Waals surface area contributed by atoms with Gasteiger partial charge < -0.3 is 14.6 Å². The van der Waals surface area contributed by atoms with E-state index in [0.29, 0.717) is 0 Å². The number of benzene rings is 10. The van der Waals surface area contributed by atoms with Gasteiger partial charge in [0.05, 0.1) is 6.17 Å². The summed E-state index contributed by atoms with van der Waals surface area (Å²) < 4.78 is 12.6. The molecule has 2 atom stereocenters. The van der Waals surface area contributed by atoms with Gasteiger partial charge in [-0.3, -0.25) is 10.3 Å². The minimum atomic E-state index is -0.568. The number of nitrogens with two attached hydrogens (primary N) is 1. The van der Waals surface area contributed by atoms with Crippen molar-refractivity contribution in [2.45, 2.75) is 12.3 Å². The Balaban J connectivity index is 0.965. The number of fused-ring (bicyclic) bond motifs is 14. The van der Waals surface area contributed by atoms with Crippen LogP contribution in [-0.4, -0.2) is 6.21 Å². The minimum Gasteiger partial charge on any atom is -0.456 e. The Morgan fingerprint density at radius 1 is 0.417 bits per heavy atom. The summed E-state index contributed by atoms with van der Waals surface area (Å²) in [6.07, 6.45) is 0.869. The molecule has 0 radical (unpaired) electrons. The molecule has 284 valence electrons. The van der Waals surface area contributed by atoms with Crippen LogP contribution in [0.1, 0.15) is 29.0 Å². The maximum absolute atomic E-state index is 7.13. The van der Waals surface area contributed by atoms with Crippen molar-refractivity contribution in [2.75, 3.05) is 0 Å². The normalized spacial score (nSPS) is 13.3. The zero-order chi connectivity index (χ0) is 39.7. The van der Waals surface area contributed by atoms with Crippen molar-refractivity contribution >= 4 is 93.2 Å². The highest BCUT2D eigenvalue weighted by molar-refractivity contribution is 6.33. The highest BCUT2D eigenvalue weighted by Crippen LogP contribution is 2.43. The van der Waals surface area contributed by atoms with Crippen molar-refractivity contribution in [1.82, 2.24) is 5.32 Å². The fourth-order valence-corrected chi connectivity index (χ4v) is 9.48. The highest BCUT2D eigenvalue weighted by atomic mass is 16.3. The Bertz CT molecular complexity index is 3670. The fourth-order valence-electron chi connectivity index (χ4n) is 9.48. The van der Waals surface area contributed by atoms with Crippen LogP contribution in [0.5, 0.6) is 0 Å². The van der Waals surface area contributed by atoms with Crippen LogP contribution in [0.2, 0.25) is 0 Å². The van der Waals surface area contributed by atoms with Gasteiger partial charge in [0.2, 0.25) is 0 Å². The molecule has 5 heteroatoms. The molecular formula is C55H37N3O2. The molecule has 0 aliphatic heterocycles. The molecule has 60 heavy (non-hydrogen) atoms. The second-order valence-electron chi connectivity index (χ2n) is 15.6. The smallest absolute Gasteiger partial charge is 0.135 e. The van der Waals surface area contributed by atoms with E-state index < -0.39 is 12.3 Å². The lowest BCUT2D eigenvalue weighted by Gasteiger charge is -2.22. The lowest BCUT2D eigenvalue weighted by Crippen LogP contribution is -2.32. The van der Waals surface area contributed by atoms with Crippen LogP contribution < -0.4 is 11.1 Å². The third kappa shape index (κ3) is 5.45. The average Bonchev–Trinajstić information content (AvgIpc) is 3.89. The molecule has 0 aliphatic carbocycles. The minimum absolute atomic E-state index is 0.509. The molecule has 12 aromatic rings. The van der Waals surface area contributed by atoms with Gasteiger partial charge in [0.1, 0.15) is 28.5 Å². The van der Waals surface area contributed by atoms with Gasteiger partial charge in [0, 0.05) is 33.3 Å². The van der Waals surface area contributed by atoms with Gasteiger partial charge in [0.25, 0.3) is 0 Å². The molecule has 12 rings (SSSR count). The van der Waals surface area contributed by atoms with E-state index >= 15 is 0 Å². The van der Waals surface area contributed by atoms with Crippen molar-refractivity contribution in [1.29, 1.82) is 0 Å². The first kappa shape index (κ1) is 34.5. The molecule has 0 saturated heterocycles. The molecule has 2 aromatic heterocycles. The molecule has 0 bridgehead atoms. The van der Waals surface area contributed by atoms with Crippen LogP contribution in [0.4, 0.5) is 0 Å². The SMILES string of the molecule is NC(NC(/N=C/c1ccc(-c2cc3c4ccccc4c4ccccc4c3c3ccccc23)cc1)c1cccc2oc3ccccc3c12)c1cccc2oc3ccccc3c12. The van der Waals surface area contributed by atoms with Gasteiger partial charge >= 0.3 is 0 Å². The van der Waals surface area contributed by atoms with E-state index in [2.05, 4.69) is 133 Å². The number of hydrogen-bond donors (Lipinski definition) is 2. The van der Waals surface area contributed by atoms with Crippen LogP contribution >= 0.6 is 0 Å². The van der Waals surface area contributed by atoms with E-state index in [1.54, 1.807) is 0 Å². The van der Waals surface area contributed by atoms with Crippen molar-refractivity contribution in [2.24, 2.45) is 10.7 Å². The standard InChI is InChI=1S/C55H37N3O2/c56-54(43-21-11-25-49-52(43)41-19-7-9-23-47(41)59-49)58-55(44-22-12-26-50-53(44)42-20-8-10-24-48(42)60-50)57-32-33-27-29-34(30-28-33)45-31-46-37-15-2-1-13-35(37)36-14-3-5-17-39(36)51(46)40-18-6-4-16-38(40)45/h1-32,54-55,58H,56H2/b57-32+. The number of para-hydroxylation sites is 2. The van der Waals surface area contributed by atoms with Crippen molar-refractivity contribution < 1.29 is 8.83 Å². The number of nitrogens with one attached hydrogen (secondary N) is 1. The summed E-state index contributed by atoms with van der Waals surface area (Å²) in [6, 6.07) is 65.9. The Morgan fingerprint density at radius 2 is 0.883 bits per heavy atom. The van der Waals surface area contributed by atoms with Gasteiger partial charge in [-0.1, -0.05) is 158 Å². The van der Waals surface area contributed by atoms with E-state index in [9.17, 15) is 0 Å². The number of nitrogens with zero attached hydrogens (tertiary/aromatic N) is 1. The largest absolute Gasteiger partial charge is 0.456 e. The van der Waals surface area contributed by atoms with Crippen molar-refractivity contribution in [3.63, 3.8) is 0 Å². The van der Waals surface area contributed by atoms with Crippen LogP contribution in [0, 0.1) is 0 Å². The number of aliphatic imine (C=N–C) groups is 1. The maximum atomic E-state index is 7.13. The Kier molecular flexibility index (Phi) is 7.92. The van der Waals surface area contributed by atoms with E-state index in [4.69, 9.17) is 19.6 Å². The summed E-state index contributed by atoms with van der Waals surface area (Å²) in [4.78, 5) is 5.27. The predicted octanol–water partition coefficient (Wildman–Crippen LogP) is 14.1. The molecule has 0 saturated carbocycles. The third-order valence-corrected chi connectivity index (χ3v) is 12.2. The molecule has 2 unspecified atom stereocenters. The number of furan rings is 2. The maximum Gasteiger partial charge on any atom is 0.135 e. The van der Waals surface area contributed by atoms with Gasteiger partial charge in [0.15, 0.2) is 0 Å². The summed E-state index contributed by atoms with van der Waals surface area (Å²) >= 11 is 0. The van der Waals surface area contributed by atoms with Crippen molar-refractivity contribution in [3.05, 3.63) is 205 Å². The van der Waals surface area contributed by atoms with Crippen LogP contribution in [0.15, 0.2) is 202 Å². The van der Waals surface area contributed by atoms with Crippen LogP contribution in [0.3, 0.4) is 0 Å². The third-order valence-electron chi connectivity index (χ3n) is 12.2. The Hall–Kier alpha value is -7.57. The van der Waals surface area contributed by atoms with E-state index in [1.165, 1.54) is 48.7 Å². The molecule has 0 fully saturated rings. The van der Waals surface area contributed by atoms with Gasteiger partial charge in [-0.25, -0.2) is 0 Å². The Labute approximate surface area is 345 Å². The highest BCUT2D eigenvalue weighted by Gasteiger charge is 2.23. The first-order valence-corrected chi connectivity index (χ1v) is 20.4. The van der Waals surface area contributed by atoms with Crippen LogP contribution in [0.25, 0.3) is 98.1 Å². The average molecular weight is 772 g/mol. The molecule has 0 spiro atoms. The molecule has 5 nitrogen and oxygen atoms in total. The van der Waals surface area contributed by atoms with Gasteiger partial charge in [-0.05, 0) is 95.7 Å². The first-order valence-electron chi connectivity index (χ1n) is 20.4. The Morgan fingerprint density at radius 3 is 1.52 bits per heavy atom. The molecule has 0 aliphatic rings. The number of rotatable bonds is 7. The van der Waals surface area contributed by atoms with Crippen molar-refractivity contribution in [3.8, 4) is 11.1 Å². The van der Waals surface area contributed by atoms with Gasteiger partial charge in [-0.15, -0.1) is 0 Å². The summed E-state index contributed by atoms with van der Waals surface area (Å²) in [6.45, 7) is 0. The first-order chi connectivity index (χ1) is 29.7. The molecule has 0 amide bonds. The summed E-state index contributed by atoms with van der Waals surface area (Å²) in [7, 11) is 0. The summed E-state index contributed by atoms with van der Waals surface area (Å²) in [5, 5.41) is 17.9. The quantitative estimate of drug-likeness (QED) is 0.0961. The molecule has 3 N–H and O–H groups in total. The molecular weight excluding hydrogens is 735 g/mol. The second-order valence-corrected chi connectivity index (χ2v) is 15.6. The fraction of sp³-hybridized carbons (Fsp3) is 0.0364. The predicted molar refractivity (Wildman–Crippen MR) is 250 cm³/mol.